The van der Waals surface area contributed by atoms with E-state index >= 15 is 0 Å². The lowest BCUT2D eigenvalue weighted by Crippen LogP contribution is -2.24. The summed E-state index contributed by atoms with van der Waals surface area (Å²) in [6.45, 7) is 0.899. The monoisotopic (exact) mass is 360 g/mol. The van der Waals surface area contributed by atoms with Gasteiger partial charge in [-0.3, -0.25) is 9.59 Å². The molecule has 0 spiro atoms. The summed E-state index contributed by atoms with van der Waals surface area (Å²) in [6, 6.07) is 12.1. The van der Waals surface area contributed by atoms with E-state index in [1.54, 1.807) is 36.4 Å². The van der Waals surface area contributed by atoms with E-state index < -0.39 is 0 Å². The second-order valence-electron chi connectivity index (χ2n) is 4.78. The molecule has 0 bridgehead atoms. The molecule has 0 atom stereocenters. The molecular weight excluding hydrogens is 348 g/mol. The number of benzene rings is 2. The Kier molecular flexibility index (Phi) is 4.11. The standard InChI is InChI=1S/C16H13BrN2O3/c17-11-3-1-2-10(8-11)15(20)19-12-4-5-14-13(9-12)16(21)18-6-7-22-14/h1-5,8-9H,6-7H2,(H,18,21)(H,19,20). The number of rotatable bonds is 2. The van der Waals surface area contributed by atoms with Gasteiger partial charge in [0.25, 0.3) is 11.8 Å². The zero-order chi connectivity index (χ0) is 15.5. The lowest BCUT2D eigenvalue weighted by atomic mass is 10.1. The number of carbonyl (C=O) groups excluding carboxylic acids is 2. The van der Waals surface area contributed by atoms with E-state index in [1.165, 1.54) is 0 Å². The summed E-state index contributed by atoms with van der Waals surface area (Å²) in [5.74, 6) is 0.0812. The third-order valence-electron chi connectivity index (χ3n) is 3.21. The molecule has 1 aliphatic rings. The molecule has 3 rings (SSSR count). The van der Waals surface area contributed by atoms with Gasteiger partial charge in [0.1, 0.15) is 12.4 Å². The van der Waals surface area contributed by atoms with E-state index in [2.05, 4.69) is 26.6 Å². The molecule has 2 N–H and O–H groups in total. The highest BCUT2D eigenvalue weighted by atomic mass is 79.9. The molecule has 0 aliphatic carbocycles. The number of carbonyl (C=O) groups is 2. The van der Waals surface area contributed by atoms with E-state index in [4.69, 9.17) is 4.74 Å². The molecule has 0 saturated carbocycles. The Bertz CT molecular complexity index is 746. The Morgan fingerprint density at radius 3 is 2.91 bits per heavy atom. The summed E-state index contributed by atoms with van der Waals surface area (Å²) < 4.78 is 6.31. The molecule has 2 amide bonds. The van der Waals surface area contributed by atoms with Crippen LogP contribution >= 0.6 is 15.9 Å². The second kappa shape index (κ2) is 6.19. The first-order chi connectivity index (χ1) is 10.6. The van der Waals surface area contributed by atoms with Gasteiger partial charge in [-0.2, -0.15) is 0 Å². The topological polar surface area (TPSA) is 67.4 Å². The molecule has 6 heteroatoms. The number of fused-ring (bicyclic) bond motifs is 1. The molecule has 0 unspecified atom stereocenters. The average Bonchev–Trinajstić information content (AvgIpc) is 2.69. The number of amides is 2. The van der Waals surface area contributed by atoms with Gasteiger partial charge < -0.3 is 15.4 Å². The van der Waals surface area contributed by atoms with Crippen LogP contribution in [0, 0.1) is 0 Å². The van der Waals surface area contributed by atoms with Crippen LogP contribution in [0.5, 0.6) is 5.75 Å². The molecule has 5 nitrogen and oxygen atoms in total. The van der Waals surface area contributed by atoms with E-state index in [-0.39, 0.29) is 11.8 Å². The first-order valence-corrected chi connectivity index (χ1v) is 7.55. The summed E-state index contributed by atoms with van der Waals surface area (Å²) in [5.41, 5.74) is 1.50. The van der Waals surface area contributed by atoms with Crippen molar-refractivity contribution in [2.24, 2.45) is 0 Å². The van der Waals surface area contributed by atoms with Crippen LogP contribution in [0.3, 0.4) is 0 Å². The van der Waals surface area contributed by atoms with Gasteiger partial charge in [0.05, 0.1) is 12.1 Å². The van der Waals surface area contributed by atoms with Crippen molar-refractivity contribution < 1.29 is 14.3 Å². The van der Waals surface area contributed by atoms with Crippen molar-refractivity contribution in [1.29, 1.82) is 0 Å². The number of ether oxygens (including phenoxy) is 1. The minimum Gasteiger partial charge on any atom is -0.491 e. The molecule has 1 aliphatic heterocycles. The minimum atomic E-state index is -0.240. The molecule has 1 heterocycles. The summed E-state index contributed by atoms with van der Waals surface area (Å²) in [4.78, 5) is 24.2. The van der Waals surface area contributed by atoms with Crippen molar-refractivity contribution >= 4 is 33.4 Å². The first-order valence-electron chi connectivity index (χ1n) is 6.75. The maximum atomic E-state index is 12.2. The summed E-state index contributed by atoms with van der Waals surface area (Å²) in [7, 11) is 0. The van der Waals surface area contributed by atoms with Crippen molar-refractivity contribution in [2.75, 3.05) is 18.5 Å². The Labute approximate surface area is 135 Å². The van der Waals surface area contributed by atoms with Gasteiger partial charge in [-0.25, -0.2) is 0 Å². The van der Waals surface area contributed by atoms with Gasteiger partial charge >= 0.3 is 0 Å². The fraction of sp³-hybridized carbons (Fsp3) is 0.125. The molecule has 2 aromatic rings. The van der Waals surface area contributed by atoms with Gasteiger partial charge in [-0.05, 0) is 36.4 Å². The van der Waals surface area contributed by atoms with E-state index in [9.17, 15) is 9.59 Å². The smallest absolute Gasteiger partial charge is 0.255 e. The predicted molar refractivity (Wildman–Crippen MR) is 86.4 cm³/mol. The van der Waals surface area contributed by atoms with Crippen molar-refractivity contribution in [3.05, 3.63) is 58.1 Å². The summed E-state index contributed by atoms with van der Waals surface area (Å²) >= 11 is 3.33. The van der Waals surface area contributed by atoms with Crippen molar-refractivity contribution in [3.63, 3.8) is 0 Å². The van der Waals surface area contributed by atoms with Gasteiger partial charge in [0, 0.05) is 15.7 Å². The van der Waals surface area contributed by atoms with Crippen LogP contribution in [-0.4, -0.2) is 25.0 Å². The van der Waals surface area contributed by atoms with Crippen LogP contribution in [-0.2, 0) is 0 Å². The number of hydrogen-bond acceptors (Lipinski definition) is 3. The molecule has 0 saturated heterocycles. The number of nitrogens with one attached hydrogen (secondary N) is 2. The highest BCUT2D eigenvalue weighted by molar-refractivity contribution is 9.10. The average molecular weight is 361 g/mol. The van der Waals surface area contributed by atoms with Crippen molar-refractivity contribution in [1.82, 2.24) is 5.32 Å². The van der Waals surface area contributed by atoms with Gasteiger partial charge in [0.2, 0.25) is 0 Å². The van der Waals surface area contributed by atoms with E-state index in [0.717, 1.165) is 4.47 Å². The molecule has 0 radical (unpaired) electrons. The van der Waals surface area contributed by atoms with Crippen LogP contribution in [0.2, 0.25) is 0 Å². The van der Waals surface area contributed by atoms with Gasteiger partial charge in [0.15, 0.2) is 0 Å². The zero-order valence-electron chi connectivity index (χ0n) is 11.6. The quantitative estimate of drug-likeness (QED) is 0.865. The highest BCUT2D eigenvalue weighted by Crippen LogP contribution is 2.24. The van der Waals surface area contributed by atoms with Crippen molar-refractivity contribution in [3.8, 4) is 5.75 Å². The Morgan fingerprint density at radius 1 is 1.23 bits per heavy atom. The minimum absolute atomic E-state index is 0.203. The Hall–Kier alpha value is -2.34. The third kappa shape index (κ3) is 3.12. The SMILES string of the molecule is O=C(Nc1ccc2c(c1)C(=O)NCCO2)c1cccc(Br)c1. The third-order valence-corrected chi connectivity index (χ3v) is 3.71. The second-order valence-corrected chi connectivity index (χ2v) is 5.70. The van der Waals surface area contributed by atoms with Gasteiger partial charge in [-0.15, -0.1) is 0 Å². The molecule has 0 fully saturated rings. The molecule has 2 aromatic carbocycles. The predicted octanol–water partition coefficient (Wildman–Crippen LogP) is 2.82. The molecule has 0 aromatic heterocycles. The molecule has 22 heavy (non-hydrogen) atoms. The lowest BCUT2D eigenvalue weighted by Gasteiger charge is -2.09. The van der Waals surface area contributed by atoms with Crippen LogP contribution in [0.15, 0.2) is 46.9 Å². The van der Waals surface area contributed by atoms with E-state index in [1.807, 2.05) is 6.07 Å². The Morgan fingerprint density at radius 2 is 2.09 bits per heavy atom. The van der Waals surface area contributed by atoms with Crippen LogP contribution in [0.25, 0.3) is 0 Å². The van der Waals surface area contributed by atoms with Crippen LogP contribution < -0.4 is 15.4 Å². The zero-order valence-corrected chi connectivity index (χ0v) is 13.1. The highest BCUT2D eigenvalue weighted by Gasteiger charge is 2.17. The van der Waals surface area contributed by atoms with Crippen molar-refractivity contribution in [2.45, 2.75) is 0 Å². The maximum absolute atomic E-state index is 12.2. The number of halogens is 1. The number of hydrogen-bond donors (Lipinski definition) is 2. The number of anilines is 1. The fourth-order valence-corrected chi connectivity index (χ4v) is 2.56. The normalized spacial score (nSPS) is 13.4. The molecular formula is C16H13BrN2O3. The summed E-state index contributed by atoms with van der Waals surface area (Å²) in [6.07, 6.45) is 0. The molecule has 112 valence electrons. The van der Waals surface area contributed by atoms with E-state index in [0.29, 0.717) is 35.7 Å². The lowest BCUT2D eigenvalue weighted by molar-refractivity contribution is 0.0955. The van der Waals surface area contributed by atoms with Crippen LogP contribution in [0.1, 0.15) is 20.7 Å². The maximum Gasteiger partial charge on any atom is 0.255 e. The largest absolute Gasteiger partial charge is 0.491 e. The fourth-order valence-electron chi connectivity index (χ4n) is 2.16. The van der Waals surface area contributed by atoms with Crippen LogP contribution in [0.4, 0.5) is 5.69 Å². The van der Waals surface area contributed by atoms with Gasteiger partial charge in [-0.1, -0.05) is 22.0 Å². The summed E-state index contributed by atoms with van der Waals surface area (Å²) in [5, 5.41) is 5.52. The Balaban J connectivity index is 1.84. The first kappa shape index (κ1) is 14.6.